The van der Waals surface area contributed by atoms with E-state index in [-0.39, 0.29) is 11.8 Å². The zero-order valence-electron chi connectivity index (χ0n) is 5.87. The van der Waals surface area contributed by atoms with E-state index in [9.17, 15) is 4.79 Å². The van der Waals surface area contributed by atoms with Crippen molar-refractivity contribution in [3.05, 3.63) is 12.2 Å². The van der Waals surface area contributed by atoms with E-state index in [0.717, 1.165) is 5.71 Å². The number of allylic oxidation sites excluding steroid dienone is 1. The molecular weight excluding hydrogens is 128 g/mol. The summed E-state index contributed by atoms with van der Waals surface area (Å²) >= 11 is 0. The third-order valence-corrected chi connectivity index (χ3v) is 1.43. The van der Waals surface area contributed by atoms with Gasteiger partial charge in [-0.25, -0.2) is 4.99 Å². The van der Waals surface area contributed by atoms with E-state index in [1.54, 1.807) is 13.0 Å². The first-order valence-electron chi connectivity index (χ1n) is 3.21. The predicted octanol–water partition coefficient (Wildman–Crippen LogP) is 0.119. The first-order valence-corrected chi connectivity index (χ1v) is 3.21. The fraction of sp³-hybridized carbons (Fsp3) is 0.429. The van der Waals surface area contributed by atoms with Crippen LogP contribution in [0.25, 0.3) is 0 Å². The molecule has 2 N–H and O–H groups in total. The lowest BCUT2D eigenvalue weighted by atomic mass is 10.1. The number of carbonyl (C=O) groups excluding carboxylic acids is 1. The van der Waals surface area contributed by atoms with Crippen molar-refractivity contribution in [1.29, 1.82) is 0 Å². The fourth-order valence-electron chi connectivity index (χ4n) is 0.811. The Bertz CT molecular complexity index is 206. The number of amides is 1. The highest BCUT2D eigenvalue weighted by Gasteiger charge is 2.15. The van der Waals surface area contributed by atoms with Crippen LogP contribution < -0.4 is 5.73 Å². The summed E-state index contributed by atoms with van der Waals surface area (Å²) in [6, 6.07) is 0. The van der Waals surface area contributed by atoms with E-state index >= 15 is 0 Å². The van der Waals surface area contributed by atoms with Crippen LogP contribution in [0.4, 0.5) is 0 Å². The summed E-state index contributed by atoms with van der Waals surface area (Å²) in [6.45, 7) is 2.15. The largest absolute Gasteiger partial charge is 0.329 e. The Hall–Kier alpha value is -0.960. The van der Waals surface area contributed by atoms with Gasteiger partial charge in [-0.2, -0.15) is 0 Å². The molecule has 1 amide bonds. The van der Waals surface area contributed by atoms with Crippen LogP contribution in [0.3, 0.4) is 0 Å². The van der Waals surface area contributed by atoms with Gasteiger partial charge in [0.1, 0.15) is 0 Å². The van der Waals surface area contributed by atoms with Gasteiger partial charge in [-0.15, -0.1) is 0 Å². The minimum Gasteiger partial charge on any atom is -0.329 e. The topological polar surface area (TPSA) is 55.5 Å². The molecule has 54 valence electrons. The van der Waals surface area contributed by atoms with Gasteiger partial charge in [0.25, 0.3) is 5.91 Å². The minimum atomic E-state index is -0.191. The molecule has 0 fully saturated rings. The van der Waals surface area contributed by atoms with Crippen LogP contribution in [0.5, 0.6) is 0 Å². The molecule has 1 rings (SSSR count). The van der Waals surface area contributed by atoms with Crippen LogP contribution in [0, 0.1) is 5.92 Å². The Morgan fingerprint density at radius 1 is 1.80 bits per heavy atom. The van der Waals surface area contributed by atoms with Crippen LogP contribution in [-0.2, 0) is 4.79 Å². The molecule has 1 aliphatic rings. The zero-order valence-corrected chi connectivity index (χ0v) is 5.87. The summed E-state index contributed by atoms with van der Waals surface area (Å²) in [5.41, 5.74) is 6.06. The Labute approximate surface area is 59.6 Å². The first-order chi connectivity index (χ1) is 4.74. The highest BCUT2D eigenvalue weighted by molar-refractivity contribution is 6.04. The molecular formula is C7H10N2O. The maximum absolute atomic E-state index is 10.9. The summed E-state index contributed by atoms with van der Waals surface area (Å²) in [6.07, 6.45) is 3.61. The average molecular weight is 138 g/mol. The number of nitrogens with two attached hydrogens (primary N) is 1. The molecule has 1 unspecified atom stereocenters. The maximum atomic E-state index is 10.9. The summed E-state index contributed by atoms with van der Waals surface area (Å²) in [5, 5.41) is 0. The van der Waals surface area contributed by atoms with Gasteiger partial charge in [0.2, 0.25) is 0 Å². The lowest BCUT2D eigenvalue weighted by Crippen LogP contribution is -2.23. The summed E-state index contributed by atoms with van der Waals surface area (Å²) in [7, 11) is 0. The second kappa shape index (κ2) is 2.75. The molecule has 3 nitrogen and oxygen atoms in total. The first kappa shape index (κ1) is 7.15. The lowest BCUT2D eigenvalue weighted by Gasteiger charge is -2.08. The normalized spacial score (nSPS) is 24.8. The van der Waals surface area contributed by atoms with E-state index in [2.05, 4.69) is 4.99 Å². The van der Waals surface area contributed by atoms with Gasteiger partial charge in [-0.1, -0.05) is 6.08 Å². The summed E-state index contributed by atoms with van der Waals surface area (Å²) in [4.78, 5) is 14.7. The van der Waals surface area contributed by atoms with Gasteiger partial charge in [-0.05, 0) is 13.0 Å². The zero-order chi connectivity index (χ0) is 7.56. The molecule has 10 heavy (non-hydrogen) atoms. The van der Waals surface area contributed by atoms with Gasteiger partial charge in [0, 0.05) is 12.3 Å². The molecule has 0 aromatic rings. The third-order valence-electron chi connectivity index (χ3n) is 1.43. The molecule has 0 saturated heterocycles. The van der Waals surface area contributed by atoms with Gasteiger partial charge in [-0.3, -0.25) is 4.79 Å². The highest BCUT2D eigenvalue weighted by Crippen LogP contribution is 2.05. The van der Waals surface area contributed by atoms with E-state index in [1.165, 1.54) is 0 Å². The second-order valence-electron chi connectivity index (χ2n) is 2.29. The van der Waals surface area contributed by atoms with E-state index in [4.69, 9.17) is 5.73 Å². The van der Waals surface area contributed by atoms with Crippen molar-refractivity contribution in [1.82, 2.24) is 0 Å². The molecule has 3 heteroatoms. The minimum absolute atomic E-state index is 0.123. The van der Waals surface area contributed by atoms with Crippen molar-refractivity contribution in [2.75, 3.05) is 6.54 Å². The number of aliphatic imine (C=N–C) groups is 1. The summed E-state index contributed by atoms with van der Waals surface area (Å²) < 4.78 is 0. The number of dihydropyridines is 1. The molecule has 0 aliphatic carbocycles. The van der Waals surface area contributed by atoms with Crippen LogP contribution in [0.15, 0.2) is 17.1 Å². The quantitative estimate of drug-likeness (QED) is 0.559. The van der Waals surface area contributed by atoms with Crippen molar-refractivity contribution < 1.29 is 4.79 Å². The predicted molar refractivity (Wildman–Crippen MR) is 39.8 cm³/mol. The fourth-order valence-corrected chi connectivity index (χ4v) is 0.811. The van der Waals surface area contributed by atoms with Crippen LogP contribution in [-0.4, -0.2) is 18.2 Å². The molecule has 0 aromatic carbocycles. The van der Waals surface area contributed by atoms with Crippen LogP contribution in [0.2, 0.25) is 0 Å². The Morgan fingerprint density at radius 3 is 3.00 bits per heavy atom. The number of carbonyl (C=O) groups is 1. The molecule has 0 bridgehead atoms. The Morgan fingerprint density at radius 2 is 2.50 bits per heavy atom. The summed E-state index contributed by atoms with van der Waals surface area (Å²) in [5.74, 6) is -0.314. The molecule has 0 spiro atoms. The van der Waals surface area contributed by atoms with Gasteiger partial charge in [0.05, 0.1) is 5.92 Å². The number of nitrogens with zero attached hydrogens (tertiary/aromatic N) is 1. The standard InChI is InChI=1S/C7H10N2O/c1-5-2-3-6(4-8)7(10)9-5/h2-3,6H,4,8H2,1H3. The number of hydrogen-bond donors (Lipinski definition) is 1. The van der Waals surface area contributed by atoms with Gasteiger partial charge < -0.3 is 5.73 Å². The highest BCUT2D eigenvalue weighted by atomic mass is 16.1. The number of hydrogen-bond acceptors (Lipinski definition) is 2. The van der Waals surface area contributed by atoms with E-state index in [1.807, 2.05) is 6.08 Å². The third kappa shape index (κ3) is 1.30. The second-order valence-corrected chi connectivity index (χ2v) is 2.29. The molecule has 0 radical (unpaired) electrons. The van der Waals surface area contributed by atoms with Crippen LogP contribution in [0.1, 0.15) is 6.92 Å². The van der Waals surface area contributed by atoms with Crippen molar-refractivity contribution in [3.8, 4) is 0 Å². The van der Waals surface area contributed by atoms with Crippen molar-refractivity contribution in [2.24, 2.45) is 16.6 Å². The molecule has 0 aromatic heterocycles. The average Bonchev–Trinajstić information content (AvgIpc) is 1.88. The smallest absolute Gasteiger partial charge is 0.254 e. The van der Waals surface area contributed by atoms with Crippen molar-refractivity contribution in [3.63, 3.8) is 0 Å². The van der Waals surface area contributed by atoms with Gasteiger partial charge >= 0.3 is 0 Å². The Balaban J connectivity index is 2.74. The van der Waals surface area contributed by atoms with Crippen molar-refractivity contribution in [2.45, 2.75) is 6.92 Å². The molecule has 1 heterocycles. The number of rotatable bonds is 1. The van der Waals surface area contributed by atoms with Crippen LogP contribution >= 0.6 is 0 Å². The lowest BCUT2D eigenvalue weighted by molar-refractivity contribution is -0.120. The van der Waals surface area contributed by atoms with Gasteiger partial charge in [0.15, 0.2) is 0 Å². The maximum Gasteiger partial charge on any atom is 0.254 e. The van der Waals surface area contributed by atoms with Crippen molar-refractivity contribution >= 4 is 11.6 Å². The van der Waals surface area contributed by atoms with E-state index < -0.39 is 0 Å². The van der Waals surface area contributed by atoms with E-state index in [0.29, 0.717) is 6.54 Å². The Kier molecular flexibility index (Phi) is 1.97. The SMILES string of the molecule is CC1=NC(=O)C(CN)C=C1. The molecule has 0 saturated carbocycles. The molecule has 1 aliphatic heterocycles. The molecule has 1 atom stereocenters. The monoisotopic (exact) mass is 138 g/mol.